The molecule has 0 unspecified atom stereocenters. The first-order chi connectivity index (χ1) is 12.2. The second-order valence-electron chi connectivity index (χ2n) is 6.77. The van der Waals surface area contributed by atoms with E-state index in [1.54, 1.807) is 6.20 Å². The Morgan fingerprint density at radius 3 is 2.76 bits per heavy atom. The van der Waals surface area contributed by atoms with Gasteiger partial charge in [0.05, 0.1) is 24.0 Å². The summed E-state index contributed by atoms with van der Waals surface area (Å²) in [5.41, 5.74) is 0.782. The number of aromatic nitrogens is 1. The van der Waals surface area contributed by atoms with E-state index >= 15 is 0 Å². The SMILES string of the molecule is COOSNc1cnc(N2CCN(C3CCCCC3)[C@@H](C)C2)c(Cl)c1. The van der Waals surface area contributed by atoms with Crippen LogP contribution in [0.2, 0.25) is 5.02 Å². The smallest absolute Gasteiger partial charge is 0.149 e. The zero-order valence-electron chi connectivity index (χ0n) is 14.9. The summed E-state index contributed by atoms with van der Waals surface area (Å²) < 4.78 is 7.70. The molecule has 1 aromatic rings. The molecule has 1 saturated heterocycles. The first-order valence-corrected chi connectivity index (χ1v) is 10.1. The molecule has 1 saturated carbocycles. The van der Waals surface area contributed by atoms with Crippen molar-refractivity contribution in [2.45, 2.75) is 51.1 Å². The van der Waals surface area contributed by atoms with Gasteiger partial charge in [-0.05, 0) is 25.8 Å². The summed E-state index contributed by atoms with van der Waals surface area (Å²) in [5.74, 6) is 0.861. The van der Waals surface area contributed by atoms with E-state index in [4.69, 9.17) is 15.9 Å². The standard InChI is InChI=1S/C17H27ClN4O2S/c1-13-12-21(8-9-22(13)15-6-4-3-5-7-15)17-16(18)10-14(11-19-17)20-25-24-23-2/h10-11,13,15,20H,3-9,12H2,1-2H3/t13-/m0/s1. The van der Waals surface area contributed by atoms with Gasteiger partial charge in [0.25, 0.3) is 0 Å². The maximum atomic E-state index is 6.47. The van der Waals surface area contributed by atoms with Crippen molar-refractivity contribution in [1.29, 1.82) is 0 Å². The van der Waals surface area contributed by atoms with Crippen molar-refractivity contribution in [3.8, 4) is 0 Å². The summed E-state index contributed by atoms with van der Waals surface area (Å²) in [4.78, 5) is 14.1. The highest BCUT2D eigenvalue weighted by Crippen LogP contribution is 2.31. The van der Waals surface area contributed by atoms with Crippen LogP contribution in [0.3, 0.4) is 0 Å². The van der Waals surface area contributed by atoms with Crippen molar-refractivity contribution in [3.63, 3.8) is 0 Å². The van der Waals surface area contributed by atoms with Crippen molar-refractivity contribution in [3.05, 3.63) is 17.3 Å². The van der Waals surface area contributed by atoms with E-state index in [1.807, 2.05) is 6.07 Å². The molecule has 0 spiro atoms. The van der Waals surface area contributed by atoms with Gasteiger partial charge in [-0.15, -0.1) is 4.33 Å². The third kappa shape index (κ3) is 4.92. The van der Waals surface area contributed by atoms with E-state index in [1.165, 1.54) is 39.2 Å². The predicted octanol–water partition coefficient (Wildman–Crippen LogP) is 4.13. The normalized spacial score (nSPS) is 23.0. The van der Waals surface area contributed by atoms with Crippen LogP contribution < -0.4 is 9.62 Å². The number of piperazine rings is 1. The van der Waals surface area contributed by atoms with Gasteiger partial charge in [0.2, 0.25) is 0 Å². The molecule has 0 bridgehead atoms. The Labute approximate surface area is 159 Å². The van der Waals surface area contributed by atoms with E-state index in [2.05, 4.69) is 31.3 Å². The van der Waals surface area contributed by atoms with Crippen LogP contribution in [0.4, 0.5) is 11.5 Å². The molecule has 1 atom stereocenters. The maximum absolute atomic E-state index is 6.47. The Balaban J connectivity index is 1.59. The molecule has 0 aromatic carbocycles. The number of halogens is 1. The highest BCUT2D eigenvalue weighted by atomic mass is 35.5. The van der Waals surface area contributed by atoms with Gasteiger partial charge in [0.15, 0.2) is 0 Å². The lowest BCUT2D eigenvalue weighted by atomic mass is 9.92. The second-order valence-corrected chi connectivity index (χ2v) is 7.69. The predicted molar refractivity (Wildman–Crippen MR) is 104 cm³/mol. The molecular weight excluding hydrogens is 360 g/mol. The molecule has 8 heteroatoms. The number of hydrogen-bond acceptors (Lipinski definition) is 7. The van der Waals surface area contributed by atoms with Gasteiger partial charge in [-0.3, -0.25) is 4.90 Å². The second kappa shape index (κ2) is 9.28. The number of nitrogens with zero attached hydrogens (tertiary/aromatic N) is 3. The fourth-order valence-corrected chi connectivity index (χ4v) is 4.53. The summed E-state index contributed by atoms with van der Waals surface area (Å²) >= 11 is 7.45. The highest BCUT2D eigenvalue weighted by Gasteiger charge is 2.31. The lowest BCUT2D eigenvalue weighted by Crippen LogP contribution is -2.56. The Hall–Kier alpha value is -0.730. The molecule has 6 nitrogen and oxygen atoms in total. The van der Waals surface area contributed by atoms with Crippen molar-refractivity contribution < 1.29 is 9.22 Å². The summed E-state index contributed by atoms with van der Waals surface area (Å²) in [6, 6.07) is 3.16. The minimum absolute atomic E-state index is 0.526. The molecule has 2 heterocycles. The van der Waals surface area contributed by atoms with Crippen molar-refractivity contribution in [1.82, 2.24) is 9.88 Å². The van der Waals surface area contributed by atoms with E-state index in [9.17, 15) is 0 Å². The average molecular weight is 387 g/mol. The lowest BCUT2D eigenvalue weighted by molar-refractivity contribution is -0.159. The van der Waals surface area contributed by atoms with Crippen LogP contribution in [0.15, 0.2) is 12.3 Å². The van der Waals surface area contributed by atoms with Crippen LogP contribution in [-0.4, -0.2) is 48.7 Å². The molecule has 140 valence electrons. The summed E-state index contributed by atoms with van der Waals surface area (Å²) in [6.07, 6.45) is 8.63. The van der Waals surface area contributed by atoms with Gasteiger partial charge in [-0.2, -0.15) is 0 Å². The fraction of sp³-hybridized carbons (Fsp3) is 0.706. The Bertz CT molecular complexity index is 559. The van der Waals surface area contributed by atoms with Crippen molar-refractivity contribution in [2.24, 2.45) is 0 Å². The van der Waals surface area contributed by atoms with E-state index in [0.717, 1.165) is 49.4 Å². The third-order valence-electron chi connectivity index (χ3n) is 5.11. The van der Waals surface area contributed by atoms with Crippen LogP contribution in [0, 0.1) is 0 Å². The number of hydrogen-bond donors (Lipinski definition) is 1. The topological polar surface area (TPSA) is 49.9 Å². The molecule has 0 amide bonds. The van der Waals surface area contributed by atoms with Gasteiger partial charge >= 0.3 is 0 Å². The van der Waals surface area contributed by atoms with Gasteiger partial charge in [-0.1, -0.05) is 30.9 Å². The molecule has 0 radical (unpaired) electrons. The molecule has 1 aromatic heterocycles. The van der Waals surface area contributed by atoms with Crippen molar-refractivity contribution in [2.75, 3.05) is 36.4 Å². The fourth-order valence-electron chi connectivity index (χ4n) is 3.94. The van der Waals surface area contributed by atoms with Crippen LogP contribution in [0.5, 0.6) is 0 Å². The third-order valence-corrected chi connectivity index (χ3v) is 5.91. The minimum atomic E-state index is 0.526. The van der Waals surface area contributed by atoms with Crippen LogP contribution >= 0.6 is 23.8 Å². The van der Waals surface area contributed by atoms with E-state index < -0.39 is 0 Å². The van der Waals surface area contributed by atoms with Crippen molar-refractivity contribution >= 4 is 35.3 Å². The van der Waals surface area contributed by atoms with Gasteiger partial charge in [-0.25, -0.2) is 9.87 Å². The van der Waals surface area contributed by atoms with Gasteiger partial charge in [0.1, 0.15) is 18.0 Å². The number of pyridine rings is 1. The quantitative estimate of drug-likeness (QED) is 0.259. The Kier molecular flexibility index (Phi) is 7.07. The van der Waals surface area contributed by atoms with Crippen LogP contribution in [0.25, 0.3) is 0 Å². The molecule has 3 rings (SSSR count). The molecule has 2 fully saturated rings. The summed E-state index contributed by atoms with van der Waals surface area (Å²) in [6.45, 7) is 5.35. The maximum Gasteiger partial charge on any atom is 0.149 e. The Morgan fingerprint density at radius 2 is 2.08 bits per heavy atom. The molecule has 25 heavy (non-hydrogen) atoms. The molecule has 1 N–H and O–H groups in total. The summed E-state index contributed by atoms with van der Waals surface area (Å²) in [5, 5.41) is 0.654. The molecule has 1 aliphatic carbocycles. The van der Waals surface area contributed by atoms with Gasteiger partial charge < -0.3 is 9.62 Å². The first-order valence-electron chi connectivity index (χ1n) is 8.97. The molecule has 1 aliphatic heterocycles. The average Bonchev–Trinajstić information content (AvgIpc) is 2.63. The lowest BCUT2D eigenvalue weighted by Gasteiger charge is -2.45. The van der Waals surface area contributed by atoms with Gasteiger partial charge in [0, 0.05) is 31.7 Å². The number of nitrogens with one attached hydrogen (secondary N) is 1. The minimum Gasteiger partial charge on any atom is -0.353 e. The zero-order chi connectivity index (χ0) is 17.6. The monoisotopic (exact) mass is 386 g/mol. The largest absolute Gasteiger partial charge is 0.353 e. The summed E-state index contributed by atoms with van der Waals surface area (Å²) in [7, 11) is 1.46. The number of anilines is 2. The van der Waals surface area contributed by atoms with E-state index in [0.29, 0.717) is 11.1 Å². The molecule has 2 aliphatic rings. The Morgan fingerprint density at radius 1 is 1.28 bits per heavy atom. The first kappa shape index (κ1) is 19.0. The molecular formula is C17H27ClN4O2S. The van der Waals surface area contributed by atoms with Crippen LogP contribution in [-0.2, 0) is 9.22 Å². The zero-order valence-corrected chi connectivity index (χ0v) is 16.5. The van der Waals surface area contributed by atoms with E-state index in [-0.39, 0.29) is 0 Å². The number of rotatable bonds is 6. The highest BCUT2D eigenvalue weighted by molar-refractivity contribution is 7.95. The van der Waals surface area contributed by atoms with Crippen LogP contribution in [0.1, 0.15) is 39.0 Å².